The number of anilines is 1. The standard InChI is InChI=1S/C13H22N2/c1-10-8-12(6-7-14-3)13(15(4)5)9-11(10)2/h8-9,14H,6-7H2,1-5H3. The van der Waals surface area contributed by atoms with Gasteiger partial charge in [0.2, 0.25) is 0 Å². The molecule has 0 aliphatic heterocycles. The molecule has 15 heavy (non-hydrogen) atoms. The molecule has 0 bridgehead atoms. The average molecular weight is 206 g/mol. The van der Waals surface area contributed by atoms with Crippen molar-refractivity contribution in [2.45, 2.75) is 20.3 Å². The minimum absolute atomic E-state index is 1.03. The summed E-state index contributed by atoms with van der Waals surface area (Å²) < 4.78 is 0. The van der Waals surface area contributed by atoms with Gasteiger partial charge in [0.1, 0.15) is 0 Å². The lowest BCUT2D eigenvalue weighted by Crippen LogP contribution is -2.16. The van der Waals surface area contributed by atoms with Crippen LogP contribution in [0, 0.1) is 13.8 Å². The van der Waals surface area contributed by atoms with Crippen LogP contribution in [0.3, 0.4) is 0 Å². The molecule has 0 aromatic heterocycles. The van der Waals surface area contributed by atoms with Crippen LogP contribution in [0.25, 0.3) is 0 Å². The van der Waals surface area contributed by atoms with Gasteiger partial charge in [-0.2, -0.15) is 0 Å². The number of hydrogen-bond acceptors (Lipinski definition) is 2. The molecule has 0 heterocycles. The van der Waals surface area contributed by atoms with Crippen molar-refractivity contribution in [3.63, 3.8) is 0 Å². The number of hydrogen-bond donors (Lipinski definition) is 1. The van der Waals surface area contributed by atoms with E-state index in [0.717, 1.165) is 13.0 Å². The van der Waals surface area contributed by atoms with Crippen molar-refractivity contribution < 1.29 is 0 Å². The highest BCUT2D eigenvalue weighted by atomic mass is 15.1. The molecule has 2 heteroatoms. The Labute approximate surface area is 93.3 Å². The summed E-state index contributed by atoms with van der Waals surface area (Å²) in [5.41, 5.74) is 5.52. The molecule has 0 fully saturated rings. The van der Waals surface area contributed by atoms with E-state index in [0.29, 0.717) is 0 Å². The molecule has 0 aliphatic rings. The Kier molecular flexibility index (Phi) is 4.15. The summed E-state index contributed by atoms with van der Waals surface area (Å²) >= 11 is 0. The molecule has 1 aromatic rings. The van der Waals surface area contributed by atoms with Gasteiger partial charge in [0.15, 0.2) is 0 Å². The van der Waals surface area contributed by atoms with Gasteiger partial charge in [0.25, 0.3) is 0 Å². The van der Waals surface area contributed by atoms with Crippen molar-refractivity contribution in [2.75, 3.05) is 32.6 Å². The fraction of sp³-hybridized carbons (Fsp3) is 0.538. The van der Waals surface area contributed by atoms with Gasteiger partial charge in [0.05, 0.1) is 0 Å². The van der Waals surface area contributed by atoms with E-state index >= 15 is 0 Å². The number of nitrogens with one attached hydrogen (secondary N) is 1. The molecule has 1 rings (SSSR count). The van der Waals surface area contributed by atoms with Gasteiger partial charge in [-0.1, -0.05) is 6.07 Å². The maximum atomic E-state index is 3.20. The Morgan fingerprint density at radius 3 is 2.27 bits per heavy atom. The van der Waals surface area contributed by atoms with E-state index in [-0.39, 0.29) is 0 Å². The summed E-state index contributed by atoms with van der Waals surface area (Å²) in [6.45, 7) is 5.38. The van der Waals surface area contributed by atoms with E-state index in [4.69, 9.17) is 0 Å². The summed E-state index contributed by atoms with van der Waals surface area (Å²) in [5, 5.41) is 3.20. The van der Waals surface area contributed by atoms with Crippen LogP contribution in [-0.2, 0) is 6.42 Å². The predicted molar refractivity (Wildman–Crippen MR) is 67.9 cm³/mol. The van der Waals surface area contributed by atoms with Crippen molar-refractivity contribution in [3.05, 3.63) is 28.8 Å². The Bertz CT molecular complexity index is 330. The lowest BCUT2D eigenvalue weighted by Gasteiger charge is -2.19. The van der Waals surface area contributed by atoms with E-state index in [1.165, 1.54) is 22.4 Å². The Morgan fingerprint density at radius 1 is 1.13 bits per heavy atom. The normalized spacial score (nSPS) is 10.5. The van der Waals surface area contributed by atoms with Gasteiger partial charge in [-0.15, -0.1) is 0 Å². The third-order valence-corrected chi connectivity index (χ3v) is 2.82. The molecular formula is C13H22N2. The Hall–Kier alpha value is -1.02. The minimum atomic E-state index is 1.03. The van der Waals surface area contributed by atoms with Crippen molar-refractivity contribution in [3.8, 4) is 0 Å². The lowest BCUT2D eigenvalue weighted by atomic mass is 10.0. The minimum Gasteiger partial charge on any atom is -0.377 e. The van der Waals surface area contributed by atoms with E-state index in [9.17, 15) is 0 Å². The highest BCUT2D eigenvalue weighted by Crippen LogP contribution is 2.23. The van der Waals surface area contributed by atoms with Crippen LogP contribution in [0.2, 0.25) is 0 Å². The van der Waals surface area contributed by atoms with E-state index in [2.05, 4.69) is 50.3 Å². The molecule has 84 valence electrons. The zero-order chi connectivity index (χ0) is 11.4. The van der Waals surface area contributed by atoms with Gasteiger partial charge < -0.3 is 10.2 Å². The summed E-state index contributed by atoms with van der Waals surface area (Å²) in [7, 11) is 6.20. The second kappa shape index (κ2) is 5.17. The third-order valence-electron chi connectivity index (χ3n) is 2.82. The molecule has 1 aromatic carbocycles. The van der Waals surface area contributed by atoms with Crippen molar-refractivity contribution >= 4 is 5.69 Å². The van der Waals surface area contributed by atoms with Crippen molar-refractivity contribution in [2.24, 2.45) is 0 Å². The Balaban J connectivity index is 3.04. The smallest absolute Gasteiger partial charge is 0.0396 e. The van der Waals surface area contributed by atoms with Crippen LogP contribution in [0.4, 0.5) is 5.69 Å². The molecule has 2 nitrogen and oxygen atoms in total. The molecule has 0 spiro atoms. The molecule has 0 unspecified atom stereocenters. The molecule has 0 saturated heterocycles. The van der Waals surface area contributed by atoms with Crippen LogP contribution in [-0.4, -0.2) is 27.7 Å². The van der Waals surface area contributed by atoms with Gasteiger partial charge in [0, 0.05) is 19.8 Å². The van der Waals surface area contributed by atoms with E-state index in [1.54, 1.807) is 0 Å². The van der Waals surface area contributed by atoms with Gasteiger partial charge in [-0.05, 0) is 56.6 Å². The zero-order valence-electron chi connectivity index (χ0n) is 10.5. The third kappa shape index (κ3) is 2.96. The number of nitrogens with zero attached hydrogens (tertiary/aromatic N) is 1. The predicted octanol–water partition coefficient (Wildman–Crippen LogP) is 2.13. The topological polar surface area (TPSA) is 15.3 Å². The summed E-state index contributed by atoms with van der Waals surface area (Å²) in [6.07, 6.45) is 1.09. The second-order valence-corrected chi connectivity index (χ2v) is 4.31. The first kappa shape index (κ1) is 12.1. The van der Waals surface area contributed by atoms with E-state index in [1.807, 2.05) is 7.05 Å². The average Bonchev–Trinajstić information content (AvgIpc) is 2.19. The van der Waals surface area contributed by atoms with Crippen LogP contribution < -0.4 is 10.2 Å². The van der Waals surface area contributed by atoms with Crippen molar-refractivity contribution in [1.29, 1.82) is 0 Å². The van der Waals surface area contributed by atoms with E-state index < -0.39 is 0 Å². The number of rotatable bonds is 4. The van der Waals surface area contributed by atoms with Crippen LogP contribution in [0.15, 0.2) is 12.1 Å². The van der Waals surface area contributed by atoms with Gasteiger partial charge in [-0.25, -0.2) is 0 Å². The SMILES string of the molecule is CNCCc1cc(C)c(C)cc1N(C)C. The lowest BCUT2D eigenvalue weighted by molar-refractivity contribution is 0.789. The summed E-state index contributed by atoms with van der Waals surface area (Å²) in [6, 6.07) is 4.59. The fourth-order valence-electron chi connectivity index (χ4n) is 1.74. The van der Waals surface area contributed by atoms with Crippen LogP contribution in [0.5, 0.6) is 0 Å². The maximum absolute atomic E-state index is 3.20. The largest absolute Gasteiger partial charge is 0.377 e. The molecule has 0 aliphatic carbocycles. The summed E-state index contributed by atoms with van der Waals surface area (Å²) in [4.78, 5) is 2.19. The highest BCUT2D eigenvalue weighted by Gasteiger charge is 2.06. The molecule has 0 radical (unpaired) electrons. The maximum Gasteiger partial charge on any atom is 0.0396 e. The Morgan fingerprint density at radius 2 is 1.73 bits per heavy atom. The number of aryl methyl sites for hydroxylation is 2. The zero-order valence-corrected chi connectivity index (χ0v) is 10.5. The number of likely N-dealkylation sites (N-methyl/N-ethyl adjacent to an activating group) is 1. The summed E-state index contributed by atoms with van der Waals surface area (Å²) in [5.74, 6) is 0. The molecule has 0 amide bonds. The molecular weight excluding hydrogens is 184 g/mol. The first-order chi connectivity index (χ1) is 7.06. The quantitative estimate of drug-likeness (QED) is 0.812. The first-order valence-corrected chi connectivity index (χ1v) is 5.48. The molecule has 0 atom stereocenters. The van der Waals surface area contributed by atoms with Crippen molar-refractivity contribution in [1.82, 2.24) is 5.32 Å². The van der Waals surface area contributed by atoms with Crippen LogP contribution >= 0.6 is 0 Å². The van der Waals surface area contributed by atoms with Gasteiger partial charge in [-0.3, -0.25) is 0 Å². The fourth-order valence-corrected chi connectivity index (χ4v) is 1.74. The number of benzene rings is 1. The first-order valence-electron chi connectivity index (χ1n) is 5.48. The highest BCUT2D eigenvalue weighted by molar-refractivity contribution is 5.56. The van der Waals surface area contributed by atoms with Crippen LogP contribution in [0.1, 0.15) is 16.7 Å². The monoisotopic (exact) mass is 206 g/mol. The molecule has 1 N–H and O–H groups in total. The van der Waals surface area contributed by atoms with Gasteiger partial charge >= 0.3 is 0 Å². The second-order valence-electron chi connectivity index (χ2n) is 4.31. The molecule has 0 saturated carbocycles.